The molecule has 0 radical (unpaired) electrons. The summed E-state index contributed by atoms with van der Waals surface area (Å²) in [6.45, 7) is 6.89. The Balaban J connectivity index is 1.75. The zero-order chi connectivity index (χ0) is 15.2. The van der Waals surface area contributed by atoms with Crippen LogP contribution in [-0.4, -0.2) is 78.4 Å². The second-order valence-corrected chi connectivity index (χ2v) is 6.19. The predicted octanol–water partition coefficient (Wildman–Crippen LogP) is -0.120. The van der Waals surface area contributed by atoms with Crippen molar-refractivity contribution in [3.05, 3.63) is 0 Å². The summed E-state index contributed by atoms with van der Waals surface area (Å²) >= 11 is 0. The fourth-order valence-corrected chi connectivity index (χ4v) is 3.03. The Morgan fingerprint density at radius 3 is 2.00 bits per heavy atom. The quantitative estimate of drug-likeness (QED) is 0.788. The lowest BCUT2D eigenvalue weighted by atomic mass is 10.2. The van der Waals surface area contributed by atoms with E-state index in [-0.39, 0.29) is 11.8 Å². The Morgan fingerprint density at radius 1 is 0.905 bits per heavy atom. The number of likely N-dealkylation sites (tertiary alicyclic amines) is 1. The average molecular weight is 296 g/mol. The lowest BCUT2D eigenvalue weighted by Gasteiger charge is -2.36. The fourth-order valence-electron chi connectivity index (χ4n) is 3.03. The number of nitrogens with zero attached hydrogens (tertiary/aromatic N) is 3. The van der Waals surface area contributed by atoms with Crippen molar-refractivity contribution in [1.29, 1.82) is 0 Å². The van der Waals surface area contributed by atoms with Crippen LogP contribution in [0.4, 0.5) is 0 Å². The van der Waals surface area contributed by atoms with Gasteiger partial charge in [0.25, 0.3) is 0 Å². The van der Waals surface area contributed by atoms with Crippen LogP contribution in [0.1, 0.15) is 32.6 Å². The van der Waals surface area contributed by atoms with Gasteiger partial charge in [-0.25, -0.2) is 0 Å². The fraction of sp³-hybridized carbons (Fsp3) is 0.867. The van der Waals surface area contributed by atoms with Gasteiger partial charge in [0, 0.05) is 39.3 Å². The average Bonchev–Trinajstić information content (AvgIpc) is 2.76. The molecular formula is C15H28N4O2. The minimum absolute atomic E-state index is 0.00787. The van der Waals surface area contributed by atoms with Gasteiger partial charge in [-0.3, -0.25) is 14.5 Å². The Kier molecular flexibility index (Phi) is 5.99. The summed E-state index contributed by atoms with van der Waals surface area (Å²) in [5.41, 5.74) is 5.63. The topological polar surface area (TPSA) is 69.9 Å². The summed E-state index contributed by atoms with van der Waals surface area (Å²) in [6, 6.07) is -0.435. The molecular weight excluding hydrogens is 268 g/mol. The molecule has 21 heavy (non-hydrogen) atoms. The Labute approximate surface area is 127 Å². The molecule has 6 heteroatoms. The SMILES string of the molecule is C[C@@H](N)C(=O)N1CCN(CC(=O)N2CCCCCC2)CC1. The summed E-state index contributed by atoms with van der Waals surface area (Å²) in [6.07, 6.45) is 4.73. The van der Waals surface area contributed by atoms with E-state index in [2.05, 4.69) is 4.90 Å². The molecule has 2 N–H and O–H groups in total. The summed E-state index contributed by atoms with van der Waals surface area (Å²) in [5.74, 6) is 0.248. The molecule has 2 amide bonds. The number of carbonyl (C=O) groups excluding carboxylic acids is 2. The van der Waals surface area contributed by atoms with Crippen molar-refractivity contribution < 1.29 is 9.59 Å². The van der Waals surface area contributed by atoms with Crippen molar-refractivity contribution in [2.45, 2.75) is 38.6 Å². The predicted molar refractivity (Wildman–Crippen MR) is 81.7 cm³/mol. The molecule has 0 aliphatic carbocycles. The minimum atomic E-state index is -0.435. The van der Waals surface area contributed by atoms with E-state index in [1.165, 1.54) is 12.8 Å². The van der Waals surface area contributed by atoms with E-state index in [1.807, 2.05) is 4.90 Å². The Morgan fingerprint density at radius 2 is 1.48 bits per heavy atom. The lowest BCUT2D eigenvalue weighted by molar-refractivity contribution is -0.135. The van der Waals surface area contributed by atoms with Crippen LogP contribution in [0.3, 0.4) is 0 Å². The molecule has 2 fully saturated rings. The third-order valence-electron chi connectivity index (χ3n) is 4.39. The summed E-state index contributed by atoms with van der Waals surface area (Å²) < 4.78 is 0. The first-order chi connectivity index (χ1) is 10.1. The minimum Gasteiger partial charge on any atom is -0.342 e. The second kappa shape index (κ2) is 7.75. The van der Waals surface area contributed by atoms with E-state index in [9.17, 15) is 9.59 Å². The molecule has 0 aromatic rings. The van der Waals surface area contributed by atoms with Gasteiger partial charge in [-0.15, -0.1) is 0 Å². The monoisotopic (exact) mass is 296 g/mol. The van der Waals surface area contributed by atoms with Crippen LogP contribution >= 0.6 is 0 Å². The molecule has 0 spiro atoms. The van der Waals surface area contributed by atoms with Gasteiger partial charge in [0.05, 0.1) is 12.6 Å². The number of piperazine rings is 1. The van der Waals surface area contributed by atoms with Crippen molar-refractivity contribution in [3.8, 4) is 0 Å². The lowest BCUT2D eigenvalue weighted by Crippen LogP contribution is -2.54. The van der Waals surface area contributed by atoms with Crippen LogP contribution in [0.25, 0.3) is 0 Å². The van der Waals surface area contributed by atoms with Crippen LogP contribution in [-0.2, 0) is 9.59 Å². The third kappa shape index (κ3) is 4.68. The maximum absolute atomic E-state index is 12.3. The van der Waals surface area contributed by atoms with Gasteiger partial charge in [-0.1, -0.05) is 12.8 Å². The van der Waals surface area contributed by atoms with Crippen molar-refractivity contribution in [2.24, 2.45) is 5.73 Å². The molecule has 0 saturated carbocycles. The normalized spacial score (nSPS) is 22.8. The van der Waals surface area contributed by atoms with Crippen LogP contribution in [0.5, 0.6) is 0 Å². The van der Waals surface area contributed by atoms with Crippen LogP contribution in [0.2, 0.25) is 0 Å². The second-order valence-electron chi connectivity index (χ2n) is 6.19. The maximum atomic E-state index is 12.3. The van der Waals surface area contributed by atoms with E-state index in [0.29, 0.717) is 19.6 Å². The molecule has 6 nitrogen and oxygen atoms in total. The highest BCUT2D eigenvalue weighted by atomic mass is 16.2. The molecule has 2 aliphatic rings. The number of nitrogens with two attached hydrogens (primary N) is 1. The van der Waals surface area contributed by atoms with Crippen molar-refractivity contribution in [1.82, 2.24) is 14.7 Å². The van der Waals surface area contributed by atoms with Crippen LogP contribution in [0.15, 0.2) is 0 Å². The maximum Gasteiger partial charge on any atom is 0.239 e. The van der Waals surface area contributed by atoms with Gasteiger partial charge in [0.1, 0.15) is 0 Å². The first-order valence-corrected chi connectivity index (χ1v) is 8.12. The van der Waals surface area contributed by atoms with E-state index in [4.69, 9.17) is 5.73 Å². The molecule has 2 rings (SSSR count). The summed E-state index contributed by atoms with van der Waals surface area (Å²) in [7, 11) is 0. The van der Waals surface area contributed by atoms with Gasteiger partial charge in [0.2, 0.25) is 11.8 Å². The number of hydrogen-bond donors (Lipinski definition) is 1. The number of carbonyl (C=O) groups is 2. The van der Waals surface area contributed by atoms with Gasteiger partial charge in [0.15, 0.2) is 0 Å². The molecule has 1 atom stereocenters. The largest absolute Gasteiger partial charge is 0.342 e. The third-order valence-corrected chi connectivity index (χ3v) is 4.39. The zero-order valence-electron chi connectivity index (χ0n) is 13.1. The number of hydrogen-bond acceptors (Lipinski definition) is 4. The number of amides is 2. The summed E-state index contributed by atoms with van der Waals surface area (Å²) in [4.78, 5) is 30.1. The summed E-state index contributed by atoms with van der Waals surface area (Å²) in [5, 5.41) is 0. The van der Waals surface area contributed by atoms with Crippen molar-refractivity contribution in [2.75, 3.05) is 45.8 Å². The van der Waals surface area contributed by atoms with Gasteiger partial charge in [-0.05, 0) is 19.8 Å². The Hall–Kier alpha value is -1.14. The zero-order valence-corrected chi connectivity index (χ0v) is 13.1. The van der Waals surface area contributed by atoms with Crippen molar-refractivity contribution >= 4 is 11.8 Å². The molecule has 0 bridgehead atoms. The van der Waals surface area contributed by atoms with E-state index in [0.717, 1.165) is 39.0 Å². The van der Waals surface area contributed by atoms with Crippen molar-refractivity contribution in [3.63, 3.8) is 0 Å². The molecule has 2 aliphatic heterocycles. The number of rotatable bonds is 3. The highest BCUT2D eigenvalue weighted by Crippen LogP contribution is 2.11. The smallest absolute Gasteiger partial charge is 0.239 e. The molecule has 120 valence electrons. The highest BCUT2D eigenvalue weighted by molar-refractivity contribution is 5.81. The Bertz CT molecular complexity index is 357. The first-order valence-electron chi connectivity index (χ1n) is 8.12. The highest BCUT2D eigenvalue weighted by Gasteiger charge is 2.25. The van der Waals surface area contributed by atoms with Gasteiger partial charge < -0.3 is 15.5 Å². The molecule has 0 unspecified atom stereocenters. The van der Waals surface area contributed by atoms with Gasteiger partial charge >= 0.3 is 0 Å². The van der Waals surface area contributed by atoms with Crippen LogP contribution < -0.4 is 5.73 Å². The first kappa shape index (κ1) is 16.2. The molecule has 2 saturated heterocycles. The standard InChI is InChI=1S/C15H28N4O2/c1-13(16)15(21)19-10-8-17(9-11-19)12-14(20)18-6-4-2-3-5-7-18/h13H,2-12,16H2,1H3/t13-/m1/s1. The van der Waals surface area contributed by atoms with Crippen LogP contribution in [0, 0.1) is 0 Å². The van der Waals surface area contributed by atoms with E-state index < -0.39 is 6.04 Å². The van der Waals surface area contributed by atoms with E-state index >= 15 is 0 Å². The molecule has 0 aromatic heterocycles. The molecule has 0 aromatic carbocycles. The van der Waals surface area contributed by atoms with Gasteiger partial charge in [-0.2, -0.15) is 0 Å². The molecule has 2 heterocycles. The van der Waals surface area contributed by atoms with E-state index in [1.54, 1.807) is 11.8 Å².